The zero-order valence-corrected chi connectivity index (χ0v) is 13.7. The first kappa shape index (κ1) is 19.4. The molecule has 0 aliphatic heterocycles. The first-order valence-corrected chi connectivity index (χ1v) is 9.11. The standard InChI is InChI=1S/C14H29ClO3S/c1-2-3-4-5-6-7-8-11-14(18-19(16)17)12-9-10-13-15/h14H,2-13H2,1H3,(H,16,17). The highest BCUT2D eigenvalue weighted by Crippen LogP contribution is 2.16. The first-order chi connectivity index (χ1) is 9.20. The number of hydrogen-bond acceptors (Lipinski definition) is 2. The van der Waals surface area contributed by atoms with Gasteiger partial charge in [-0.1, -0.05) is 51.9 Å². The predicted molar refractivity (Wildman–Crippen MR) is 82.8 cm³/mol. The van der Waals surface area contributed by atoms with Crippen LogP contribution < -0.4 is 0 Å². The fourth-order valence-corrected chi connectivity index (χ4v) is 2.77. The molecule has 0 amide bonds. The number of unbranched alkanes of at least 4 members (excludes halogenated alkanes) is 7. The molecule has 0 saturated heterocycles. The van der Waals surface area contributed by atoms with Crippen LogP contribution in [-0.4, -0.2) is 20.7 Å². The number of halogens is 1. The van der Waals surface area contributed by atoms with Gasteiger partial charge in [-0.3, -0.25) is 8.74 Å². The molecule has 0 aromatic heterocycles. The molecule has 0 bridgehead atoms. The quantitative estimate of drug-likeness (QED) is 0.277. The van der Waals surface area contributed by atoms with E-state index >= 15 is 0 Å². The second-order valence-electron chi connectivity index (χ2n) is 5.03. The van der Waals surface area contributed by atoms with E-state index < -0.39 is 11.4 Å². The van der Waals surface area contributed by atoms with Gasteiger partial charge in [0.2, 0.25) is 0 Å². The van der Waals surface area contributed by atoms with Crippen molar-refractivity contribution in [2.75, 3.05) is 5.88 Å². The molecule has 0 saturated carbocycles. The van der Waals surface area contributed by atoms with E-state index in [1.54, 1.807) is 0 Å². The highest BCUT2D eigenvalue weighted by Gasteiger charge is 2.11. The fraction of sp³-hybridized carbons (Fsp3) is 1.00. The summed E-state index contributed by atoms with van der Waals surface area (Å²) < 4.78 is 24.5. The summed E-state index contributed by atoms with van der Waals surface area (Å²) in [7, 11) is 0. The van der Waals surface area contributed by atoms with Gasteiger partial charge in [-0.15, -0.1) is 11.6 Å². The SMILES string of the molecule is CCCCCCCCCC(CCCCCl)OS(=O)O. The van der Waals surface area contributed by atoms with Crippen LogP contribution in [0.1, 0.15) is 77.6 Å². The van der Waals surface area contributed by atoms with Gasteiger partial charge in [0.15, 0.2) is 0 Å². The Morgan fingerprint density at radius 1 is 1.00 bits per heavy atom. The smallest absolute Gasteiger partial charge is 0.284 e. The maximum Gasteiger partial charge on any atom is 0.302 e. The molecule has 0 aromatic rings. The monoisotopic (exact) mass is 312 g/mol. The van der Waals surface area contributed by atoms with Crippen LogP contribution in [0.4, 0.5) is 0 Å². The third kappa shape index (κ3) is 14.6. The van der Waals surface area contributed by atoms with Crippen LogP contribution in [0.25, 0.3) is 0 Å². The molecule has 0 heterocycles. The summed E-state index contributed by atoms with van der Waals surface area (Å²) in [5.74, 6) is 0.645. The van der Waals surface area contributed by atoms with Crippen LogP contribution in [0.5, 0.6) is 0 Å². The summed E-state index contributed by atoms with van der Waals surface area (Å²) >= 11 is 3.48. The van der Waals surface area contributed by atoms with Crippen molar-refractivity contribution in [1.82, 2.24) is 0 Å². The van der Waals surface area contributed by atoms with Gasteiger partial charge in [-0.25, -0.2) is 0 Å². The van der Waals surface area contributed by atoms with Crippen molar-refractivity contribution in [3.63, 3.8) is 0 Å². The summed E-state index contributed by atoms with van der Waals surface area (Å²) in [5.41, 5.74) is 0. The van der Waals surface area contributed by atoms with E-state index in [1.807, 2.05) is 0 Å². The van der Waals surface area contributed by atoms with Gasteiger partial charge >= 0.3 is 11.4 Å². The molecule has 2 atom stereocenters. The molecule has 0 spiro atoms. The van der Waals surface area contributed by atoms with Crippen LogP contribution >= 0.6 is 11.6 Å². The van der Waals surface area contributed by atoms with Gasteiger partial charge in [0.1, 0.15) is 0 Å². The molecule has 19 heavy (non-hydrogen) atoms. The van der Waals surface area contributed by atoms with E-state index in [4.69, 9.17) is 20.3 Å². The third-order valence-corrected chi connectivity index (χ3v) is 3.96. The highest BCUT2D eigenvalue weighted by molar-refractivity contribution is 7.74. The zero-order valence-electron chi connectivity index (χ0n) is 12.1. The van der Waals surface area contributed by atoms with Crippen LogP contribution in [-0.2, 0) is 15.5 Å². The van der Waals surface area contributed by atoms with E-state index in [9.17, 15) is 4.21 Å². The zero-order chi connectivity index (χ0) is 14.3. The minimum absolute atomic E-state index is 0.0929. The molecule has 0 aliphatic rings. The largest absolute Gasteiger partial charge is 0.302 e. The van der Waals surface area contributed by atoms with Gasteiger partial charge in [-0.05, 0) is 25.7 Å². The molecule has 0 radical (unpaired) electrons. The Labute approximate surface area is 125 Å². The molecule has 116 valence electrons. The Morgan fingerprint density at radius 3 is 2.05 bits per heavy atom. The molecular weight excluding hydrogens is 284 g/mol. The van der Waals surface area contributed by atoms with Gasteiger partial charge in [0, 0.05) is 5.88 Å². The molecule has 5 heteroatoms. The molecule has 0 fully saturated rings. The van der Waals surface area contributed by atoms with Crippen LogP contribution in [0.15, 0.2) is 0 Å². The van der Waals surface area contributed by atoms with Gasteiger partial charge in [-0.2, -0.15) is 4.21 Å². The molecule has 0 aromatic carbocycles. The lowest BCUT2D eigenvalue weighted by molar-refractivity contribution is 0.176. The van der Waals surface area contributed by atoms with Crippen molar-refractivity contribution in [3.05, 3.63) is 0 Å². The second-order valence-corrected chi connectivity index (χ2v) is 6.03. The minimum Gasteiger partial charge on any atom is -0.284 e. The van der Waals surface area contributed by atoms with Gasteiger partial charge < -0.3 is 0 Å². The van der Waals surface area contributed by atoms with Gasteiger partial charge in [0.25, 0.3) is 0 Å². The predicted octanol–water partition coefficient (Wildman–Crippen LogP) is 5.06. The lowest BCUT2D eigenvalue weighted by Crippen LogP contribution is -2.14. The molecule has 2 unspecified atom stereocenters. The van der Waals surface area contributed by atoms with E-state index in [0.717, 1.165) is 32.1 Å². The van der Waals surface area contributed by atoms with Gasteiger partial charge in [0.05, 0.1) is 6.10 Å². The van der Waals surface area contributed by atoms with Crippen LogP contribution in [0.3, 0.4) is 0 Å². The minimum atomic E-state index is -2.15. The molecule has 0 rings (SSSR count). The van der Waals surface area contributed by atoms with Crippen molar-refractivity contribution >= 4 is 23.0 Å². The van der Waals surface area contributed by atoms with E-state index in [2.05, 4.69) is 6.92 Å². The third-order valence-electron chi connectivity index (χ3n) is 3.26. The van der Waals surface area contributed by atoms with Crippen molar-refractivity contribution in [3.8, 4) is 0 Å². The van der Waals surface area contributed by atoms with Crippen LogP contribution in [0, 0.1) is 0 Å². The first-order valence-electron chi connectivity index (χ1n) is 7.54. The lowest BCUT2D eigenvalue weighted by atomic mass is 10.0. The summed E-state index contributed by atoms with van der Waals surface area (Å²) in [6.07, 6.45) is 12.3. The van der Waals surface area contributed by atoms with Crippen molar-refractivity contribution in [2.45, 2.75) is 83.7 Å². The maximum absolute atomic E-state index is 10.7. The molecule has 1 N–H and O–H groups in total. The summed E-state index contributed by atoms with van der Waals surface area (Å²) in [6, 6.07) is 0. The number of hydrogen-bond donors (Lipinski definition) is 1. The normalized spacial score (nSPS) is 14.5. The maximum atomic E-state index is 10.7. The van der Waals surface area contributed by atoms with Crippen molar-refractivity contribution < 1.29 is 12.9 Å². The topological polar surface area (TPSA) is 46.5 Å². The molecule has 0 aliphatic carbocycles. The Bertz CT molecular complexity index is 215. The van der Waals surface area contributed by atoms with E-state index in [1.165, 1.54) is 38.5 Å². The summed E-state index contributed by atoms with van der Waals surface area (Å²) in [4.78, 5) is 0. The Balaban J connectivity index is 3.58. The van der Waals surface area contributed by atoms with Crippen molar-refractivity contribution in [2.24, 2.45) is 0 Å². The Morgan fingerprint density at radius 2 is 1.53 bits per heavy atom. The summed E-state index contributed by atoms with van der Waals surface area (Å²) in [6.45, 7) is 2.22. The second kappa shape index (κ2) is 14.8. The fourth-order valence-electron chi connectivity index (χ4n) is 2.15. The summed E-state index contributed by atoms with van der Waals surface area (Å²) in [5, 5.41) is 0. The van der Waals surface area contributed by atoms with E-state index in [-0.39, 0.29) is 6.10 Å². The molecular formula is C14H29ClO3S. The Kier molecular flexibility index (Phi) is 15.0. The average molecular weight is 313 g/mol. The van der Waals surface area contributed by atoms with Crippen molar-refractivity contribution in [1.29, 1.82) is 0 Å². The molecule has 3 nitrogen and oxygen atoms in total. The number of alkyl halides is 1. The lowest BCUT2D eigenvalue weighted by Gasteiger charge is -2.14. The average Bonchev–Trinajstić information content (AvgIpc) is 2.37. The highest BCUT2D eigenvalue weighted by atomic mass is 35.5. The van der Waals surface area contributed by atoms with E-state index in [0.29, 0.717) is 5.88 Å². The number of rotatable bonds is 14. The Hall–Kier alpha value is 0.360. The van der Waals surface area contributed by atoms with Crippen LogP contribution in [0.2, 0.25) is 0 Å².